The maximum atomic E-state index is 5.79. The number of hydrogen-bond acceptors (Lipinski definition) is 1. The summed E-state index contributed by atoms with van der Waals surface area (Å²) in [5.74, 6) is 0. The molecule has 0 aliphatic carbocycles. The van der Waals surface area contributed by atoms with Crippen molar-refractivity contribution in [3.8, 4) is 0 Å². The third-order valence-electron chi connectivity index (χ3n) is 2.64. The lowest BCUT2D eigenvalue weighted by Crippen LogP contribution is -2.31. The molecule has 0 spiro atoms. The van der Waals surface area contributed by atoms with Crippen LogP contribution >= 0.6 is 0 Å². The standard InChI is InChI=1S/C11H24OSi/c1-4-7-10-11(12-13,8-5-2)9-6-3/h5H,2,4,6-10H2,1,3,13H3. The molecule has 0 rings (SSSR count). The second-order valence-corrected chi connectivity index (χ2v) is 4.14. The van der Waals surface area contributed by atoms with Crippen molar-refractivity contribution < 1.29 is 4.43 Å². The van der Waals surface area contributed by atoms with Gasteiger partial charge < -0.3 is 4.43 Å². The third-order valence-corrected chi connectivity index (χ3v) is 3.51. The molecule has 0 saturated heterocycles. The quantitative estimate of drug-likeness (QED) is 0.432. The van der Waals surface area contributed by atoms with Gasteiger partial charge in [0.25, 0.3) is 0 Å². The summed E-state index contributed by atoms with van der Waals surface area (Å²) in [5, 5.41) is 0. The molecule has 0 aliphatic rings. The molecule has 0 aromatic heterocycles. The zero-order valence-electron chi connectivity index (χ0n) is 9.44. The Morgan fingerprint density at radius 2 is 2.00 bits per heavy atom. The fourth-order valence-corrected chi connectivity index (χ4v) is 2.41. The van der Waals surface area contributed by atoms with Crippen molar-refractivity contribution in [1.82, 2.24) is 0 Å². The number of unbranched alkanes of at least 4 members (excludes halogenated alkanes) is 1. The van der Waals surface area contributed by atoms with Crippen molar-refractivity contribution in [2.24, 2.45) is 0 Å². The van der Waals surface area contributed by atoms with E-state index in [-0.39, 0.29) is 5.60 Å². The number of hydrogen-bond donors (Lipinski definition) is 0. The summed E-state index contributed by atoms with van der Waals surface area (Å²) in [6, 6.07) is 0. The van der Waals surface area contributed by atoms with E-state index in [0.29, 0.717) is 0 Å². The van der Waals surface area contributed by atoms with Gasteiger partial charge in [0.1, 0.15) is 10.5 Å². The van der Waals surface area contributed by atoms with E-state index in [1.165, 1.54) is 32.1 Å². The largest absolute Gasteiger partial charge is 0.422 e. The average Bonchev–Trinajstić information content (AvgIpc) is 2.15. The van der Waals surface area contributed by atoms with Crippen LogP contribution in [0.2, 0.25) is 0 Å². The molecule has 0 amide bonds. The molecule has 1 unspecified atom stereocenters. The summed E-state index contributed by atoms with van der Waals surface area (Å²) in [5.41, 5.74) is 0.138. The predicted octanol–water partition coefficient (Wildman–Crippen LogP) is 2.59. The molecule has 2 heteroatoms. The van der Waals surface area contributed by atoms with Crippen LogP contribution in [-0.4, -0.2) is 16.1 Å². The van der Waals surface area contributed by atoms with Gasteiger partial charge in [-0.05, 0) is 19.3 Å². The minimum absolute atomic E-state index is 0.138. The molecule has 0 heterocycles. The minimum Gasteiger partial charge on any atom is -0.422 e. The van der Waals surface area contributed by atoms with Crippen molar-refractivity contribution in [3.05, 3.63) is 12.7 Å². The van der Waals surface area contributed by atoms with E-state index in [1.807, 2.05) is 6.08 Å². The van der Waals surface area contributed by atoms with Gasteiger partial charge in [0.2, 0.25) is 0 Å². The van der Waals surface area contributed by atoms with Crippen LogP contribution in [0.15, 0.2) is 12.7 Å². The second kappa shape index (κ2) is 7.33. The van der Waals surface area contributed by atoms with Gasteiger partial charge in [0.05, 0.1) is 5.60 Å². The lowest BCUT2D eigenvalue weighted by atomic mass is 9.89. The second-order valence-electron chi connectivity index (χ2n) is 3.73. The van der Waals surface area contributed by atoms with Gasteiger partial charge in [0.15, 0.2) is 0 Å². The first kappa shape index (κ1) is 12.9. The lowest BCUT2D eigenvalue weighted by molar-refractivity contribution is 0.0601. The molecule has 0 fully saturated rings. The van der Waals surface area contributed by atoms with Crippen molar-refractivity contribution in [1.29, 1.82) is 0 Å². The molecule has 78 valence electrons. The van der Waals surface area contributed by atoms with Crippen LogP contribution in [0, 0.1) is 0 Å². The minimum atomic E-state index is 0.138. The zero-order chi connectivity index (χ0) is 10.2. The predicted molar refractivity (Wildman–Crippen MR) is 63.0 cm³/mol. The molecule has 0 N–H and O–H groups in total. The van der Waals surface area contributed by atoms with Crippen LogP contribution in [0.25, 0.3) is 0 Å². The molecule has 0 aromatic carbocycles. The SMILES string of the molecule is C=CCC(CCC)(CCCC)O[SiH3]. The van der Waals surface area contributed by atoms with E-state index >= 15 is 0 Å². The van der Waals surface area contributed by atoms with Crippen LogP contribution < -0.4 is 0 Å². The Hall–Kier alpha value is -0.0831. The summed E-state index contributed by atoms with van der Waals surface area (Å²) >= 11 is 0. The molecular formula is C11H24OSi. The first-order chi connectivity index (χ1) is 6.24. The summed E-state index contributed by atoms with van der Waals surface area (Å²) < 4.78 is 5.79. The molecule has 0 saturated carbocycles. The lowest BCUT2D eigenvalue weighted by Gasteiger charge is -2.32. The van der Waals surface area contributed by atoms with E-state index in [9.17, 15) is 0 Å². The van der Waals surface area contributed by atoms with Gasteiger partial charge in [-0.25, -0.2) is 0 Å². The van der Waals surface area contributed by atoms with E-state index in [4.69, 9.17) is 4.43 Å². The van der Waals surface area contributed by atoms with Crippen molar-refractivity contribution >= 4 is 10.5 Å². The topological polar surface area (TPSA) is 9.23 Å². The highest BCUT2D eigenvalue weighted by Gasteiger charge is 2.25. The Morgan fingerprint density at radius 1 is 1.31 bits per heavy atom. The van der Waals surface area contributed by atoms with E-state index in [2.05, 4.69) is 20.4 Å². The van der Waals surface area contributed by atoms with E-state index in [1.54, 1.807) is 0 Å². The summed E-state index contributed by atoms with van der Waals surface area (Å²) in [4.78, 5) is 0. The van der Waals surface area contributed by atoms with Crippen LogP contribution in [-0.2, 0) is 4.43 Å². The maximum Gasteiger partial charge on any atom is 0.146 e. The van der Waals surface area contributed by atoms with E-state index < -0.39 is 0 Å². The van der Waals surface area contributed by atoms with E-state index in [0.717, 1.165) is 16.9 Å². The molecule has 1 atom stereocenters. The zero-order valence-corrected chi connectivity index (χ0v) is 11.4. The van der Waals surface area contributed by atoms with Gasteiger partial charge in [0, 0.05) is 0 Å². The highest BCUT2D eigenvalue weighted by atomic mass is 28.2. The van der Waals surface area contributed by atoms with Gasteiger partial charge in [-0.3, -0.25) is 0 Å². The van der Waals surface area contributed by atoms with Gasteiger partial charge in [-0.2, -0.15) is 0 Å². The first-order valence-corrected chi connectivity index (χ1v) is 6.22. The Morgan fingerprint density at radius 3 is 2.38 bits per heavy atom. The van der Waals surface area contributed by atoms with Crippen LogP contribution in [0.4, 0.5) is 0 Å². The highest BCUT2D eigenvalue weighted by Crippen LogP contribution is 2.28. The van der Waals surface area contributed by atoms with Crippen molar-refractivity contribution in [3.63, 3.8) is 0 Å². The molecule has 0 aromatic rings. The summed E-state index contributed by atoms with van der Waals surface area (Å²) in [6.45, 7) is 8.28. The molecule has 1 nitrogen and oxygen atoms in total. The molecule has 0 aliphatic heterocycles. The van der Waals surface area contributed by atoms with Crippen LogP contribution in [0.3, 0.4) is 0 Å². The highest BCUT2D eigenvalue weighted by molar-refractivity contribution is 5.98. The fraction of sp³-hybridized carbons (Fsp3) is 0.818. The normalized spacial score (nSPS) is 15.5. The third kappa shape index (κ3) is 4.63. The van der Waals surface area contributed by atoms with Gasteiger partial charge >= 0.3 is 0 Å². The maximum absolute atomic E-state index is 5.79. The van der Waals surface area contributed by atoms with Crippen LogP contribution in [0.1, 0.15) is 52.4 Å². The average molecular weight is 200 g/mol. The summed E-state index contributed by atoms with van der Waals surface area (Å²) in [7, 11) is 0.844. The smallest absolute Gasteiger partial charge is 0.146 e. The van der Waals surface area contributed by atoms with Crippen molar-refractivity contribution in [2.45, 2.75) is 58.0 Å². The summed E-state index contributed by atoms with van der Waals surface area (Å²) in [6.07, 6.45) is 9.15. The Kier molecular flexibility index (Phi) is 7.29. The monoisotopic (exact) mass is 200 g/mol. The first-order valence-electron chi connectivity index (χ1n) is 5.40. The Balaban J connectivity index is 4.15. The molecule has 0 bridgehead atoms. The molecule has 13 heavy (non-hydrogen) atoms. The van der Waals surface area contributed by atoms with Crippen molar-refractivity contribution in [2.75, 3.05) is 0 Å². The molecule has 0 radical (unpaired) electrons. The van der Waals surface area contributed by atoms with Gasteiger partial charge in [-0.1, -0.05) is 39.2 Å². The Bertz CT molecular complexity index is 136. The number of rotatable bonds is 8. The Labute approximate surface area is 86.1 Å². The molecular weight excluding hydrogens is 176 g/mol. The van der Waals surface area contributed by atoms with Gasteiger partial charge in [-0.15, -0.1) is 6.58 Å². The van der Waals surface area contributed by atoms with Crippen LogP contribution in [0.5, 0.6) is 0 Å². The fourth-order valence-electron chi connectivity index (χ4n) is 1.83.